The van der Waals surface area contributed by atoms with Crippen molar-refractivity contribution < 1.29 is 9.53 Å². The van der Waals surface area contributed by atoms with Gasteiger partial charge in [0.05, 0.1) is 13.2 Å². The van der Waals surface area contributed by atoms with E-state index in [0.29, 0.717) is 24.6 Å². The SMILES string of the molecule is COCCNCC(=O)N(C)C1CCC(C)(C)CC1. The lowest BCUT2D eigenvalue weighted by Gasteiger charge is -2.38. The van der Waals surface area contributed by atoms with Gasteiger partial charge in [-0.1, -0.05) is 13.8 Å². The smallest absolute Gasteiger partial charge is 0.236 e. The summed E-state index contributed by atoms with van der Waals surface area (Å²) in [5.74, 6) is 0.191. The predicted molar refractivity (Wildman–Crippen MR) is 73.6 cm³/mol. The highest BCUT2D eigenvalue weighted by molar-refractivity contribution is 5.78. The Hall–Kier alpha value is -0.610. The molecule has 18 heavy (non-hydrogen) atoms. The van der Waals surface area contributed by atoms with Crippen molar-refractivity contribution in [3.8, 4) is 0 Å². The fourth-order valence-electron chi connectivity index (χ4n) is 2.47. The quantitative estimate of drug-likeness (QED) is 0.735. The number of amides is 1. The van der Waals surface area contributed by atoms with Crippen molar-refractivity contribution in [2.24, 2.45) is 5.41 Å². The van der Waals surface area contributed by atoms with Crippen molar-refractivity contribution in [2.75, 3.05) is 33.9 Å². The molecule has 1 aliphatic rings. The molecule has 0 aromatic heterocycles. The predicted octanol–water partition coefficient (Wildman–Crippen LogP) is 1.65. The normalized spacial score (nSPS) is 19.8. The summed E-state index contributed by atoms with van der Waals surface area (Å²) in [6, 6.07) is 0.426. The molecule has 1 saturated carbocycles. The second-order valence-electron chi connectivity index (χ2n) is 6.07. The van der Waals surface area contributed by atoms with Gasteiger partial charge in [0.25, 0.3) is 0 Å². The standard InChI is InChI=1S/C14H28N2O2/c1-14(2)7-5-12(6-8-14)16(3)13(17)11-15-9-10-18-4/h12,15H,5-11H2,1-4H3. The second kappa shape index (κ2) is 7.10. The van der Waals surface area contributed by atoms with Crippen LogP contribution in [0.15, 0.2) is 0 Å². The van der Waals surface area contributed by atoms with Crippen LogP contribution in [0.5, 0.6) is 0 Å². The lowest BCUT2D eigenvalue weighted by Crippen LogP contribution is -2.44. The molecule has 0 radical (unpaired) electrons. The third-order valence-electron chi connectivity index (χ3n) is 4.01. The van der Waals surface area contributed by atoms with E-state index in [2.05, 4.69) is 19.2 Å². The molecule has 4 heteroatoms. The molecular weight excluding hydrogens is 228 g/mol. The first-order valence-corrected chi connectivity index (χ1v) is 6.91. The van der Waals surface area contributed by atoms with Gasteiger partial charge in [0, 0.05) is 26.7 Å². The van der Waals surface area contributed by atoms with Crippen LogP contribution in [-0.4, -0.2) is 50.7 Å². The Balaban J connectivity index is 2.27. The van der Waals surface area contributed by atoms with Gasteiger partial charge in [-0.15, -0.1) is 0 Å². The maximum Gasteiger partial charge on any atom is 0.236 e. The first-order chi connectivity index (χ1) is 8.46. The van der Waals surface area contributed by atoms with E-state index >= 15 is 0 Å². The van der Waals surface area contributed by atoms with Crippen molar-refractivity contribution in [1.82, 2.24) is 10.2 Å². The third kappa shape index (κ3) is 4.94. The van der Waals surface area contributed by atoms with Gasteiger partial charge in [0.1, 0.15) is 0 Å². The van der Waals surface area contributed by atoms with Crippen LogP contribution < -0.4 is 5.32 Å². The summed E-state index contributed by atoms with van der Waals surface area (Å²) < 4.78 is 4.94. The highest BCUT2D eigenvalue weighted by atomic mass is 16.5. The monoisotopic (exact) mass is 256 g/mol. The molecule has 0 aliphatic heterocycles. The molecule has 0 heterocycles. The minimum Gasteiger partial charge on any atom is -0.383 e. The molecule has 4 nitrogen and oxygen atoms in total. The molecule has 1 amide bonds. The largest absolute Gasteiger partial charge is 0.383 e. The number of likely N-dealkylation sites (N-methyl/N-ethyl adjacent to an activating group) is 1. The summed E-state index contributed by atoms with van der Waals surface area (Å²) in [6.07, 6.45) is 4.69. The van der Waals surface area contributed by atoms with Crippen molar-refractivity contribution in [3.63, 3.8) is 0 Å². The molecule has 106 valence electrons. The van der Waals surface area contributed by atoms with Crippen LogP contribution >= 0.6 is 0 Å². The molecule has 1 aliphatic carbocycles. The number of nitrogens with zero attached hydrogens (tertiary/aromatic N) is 1. The van der Waals surface area contributed by atoms with Crippen molar-refractivity contribution in [1.29, 1.82) is 0 Å². The Morgan fingerprint density at radius 3 is 2.56 bits per heavy atom. The zero-order chi connectivity index (χ0) is 13.6. The Labute approximate surface area is 111 Å². The van der Waals surface area contributed by atoms with Gasteiger partial charge in [-0.2, -0.15) is 0 Å². The number of nitrogens with one attached hydrogen (secondary N) is 1. The molecule has 0 atom stereocenters. The van der Waals surface area contributed by atoms with E-state index in [1.54, 1.807) is 7.11 Å². The second-order valence-corrected chi connectivity index (χ2v) is 6.07. The maximum absolute atomic E-state index is 12.0. The lowest BCUT2D eigenvalue weighted by molar-refractivity contribution is -0.132. The van der Waals surface area contributed by atoms with Crippen LogP contribution in [-0.2, 0) is 9.53 Å². The molecule has 1 rings (SSSR count). The lowest BCUT2D eigenvalue weighted by atomic mass is 9.75. The van der Waals surface area contributed by atoms with Gasteiger partial charge in [-0.05, 0) is 31.1 Å². The number of methoxy groups -OCH3 is 1. The zero-order valence-corrected chi connectivity index (χ0v) is 12.3. The van der Waals surface area contributed by atoms with Crippen LogP contribution in [0.3, 0.4) is 0 Å². The van der Waals surface area contributed by atoms with E-state index in [4.69, 9.17) is 4.74 Å². The highest BCUT2D eigenvalue weighted by Gasteiger charge is 2.30. The summed E-state index contributed by atoms with van der Waals surface area (Å²) in [7, 11) is 3.60. The van der Waals surface area contributed by atoms with E-state index in [9.17, 15) is 4.79 Å². The average Bonchev–Trinajstić information content (AvgIpc) is 2.33. The van der Waals surface area contributed by atoms with Crippen LogP contribution in [0.4, 0.5) is 0 Å². The van der Waals surface area contributed by atoms with Crippen molar-refractivity contribution in [3.05, 3.63) is 0 Å². The average molecular weight is 256 g/mol. The van der Waals surface area contributed by atoms with Crippen molar-refractivity contribution >= 4 is 5.91 Å². The Kier molecular flexibility index (Phi) is 6.09. The van der Waals surface area contributed by atoms with Crippen molar-refractivity contribution in [2.45, 2.75) is 45.6 Å². The number of hydrogen-bond acceptors (Lipinski definition) is 3. The fourth-order valence-corrected chi connectivity index (χ4v) is 2.47. The number of ether oxygens (including phenoxy) is 1. The number of carbonyl (C=O) groups is 1. The molecule has 0 saturated heterocycles. The van der Waals surface area contributed by atoms with Gasteiger partial charge in [0.2, 0.25) is 5.91 Å². The highest BCUT2D eigenvalue weighted by Crippen LogP contribution is 2.36. The number of rotatable bonds is 6. The van der Waals surface area contributed by atoms with Gasteiger partial charge in [-0.25, -0.2) is 0 Å². The van der Waals surface area contributed by atoms with Crippen LogP contribution in [0.1, 0.15) is 39.5 Å². The summed E-state index contributed by atoms with van der Waals surface area (Å²) in [5.41, 5.74) is 0.455. The van der Waals surface area contributed by atoms with Gasteiger partial charge in [0.15, 0.2) is 0 Å². The molecule has 1 N–H and O–H groups in total. The summed E-state index contributed by atoms with van der Waals surface area (Å²) in [6.45, 7) is 6.43. The van der Waals surface area contributed by atoms with E-state index in [-0.39, 0.29) is 5.91 Å². The Morgan fingerprint density at radius 1 is 1.39 bits per heavy atom. The molecule has 1 fully saturated rings. The van der Waals surface area contributed by atoms with E-state index in [1.807, 2.05) is 11.9 Å². The first kappa shape index (κ1) is 15.4. The molecule has 0 unspecified atom stereocenters. The number of hydrogen-bond donors (Lipinski definition) is 1. The van der Waals surface area contributed by atoms with Gasteiger partial charge in [-0.3, -0.25) is 4.79 Å². The molecule has 0 spiro atoms. The zero-order valence-electron chi connectivity index (χ0n) is 12.3. The topological polar surface area (TPSA) is 41.6 Å². The molecule has 0 bridgehead atoms. The molecular formula is C14H28N2O2. The van der Waals surface area contributed by atoms with Gasteiger partial charge < -0.3 is 15.0 Å². The van der Waals surface area contributed by atoms with E-state index < -0.39 is 0 Å². The van der Waals surface area contributed by atoms with E-state index in [1.165, 1.54) is 12.8 Å². The van der Waals surface area contributed by atoms with Gasteiger partial charge >= 0.3 is 0 Å². The minimum atomic E-state index is 0.191. The first-order valence-electron chi connectivity index (χ1n) is 6.91. The third-order valence-corrected chi connectivity index (χ3v) is 4.01. The number of carbonyl (C=O) groups excluding carboxylic acids is 1. The van der Waals surface area contributed by atoms with Crippen LogP contribution in [0.2, 0.25) is 0 Å². The summed E-state index contributed by atoms with van der Waals surface area (Å²) in [4.78, 5) is 13.9. The minimum absolute atomic E-state index is 0.191. The fraction of sp³-hybridized carbons (Fsp3) is 0.929. The van der Waals surface area contributed by atoms with Crippen LogP contribution in [0.25, 0.3) is 0 Å². The van der Waals surface area contributed by atoms with Crippen LogP contribution in [0, 0.1) is 5.41 Å². The summed E-state index contributed by atoms with van der Waals surface area (Å²) >= 11 is 0. The summed E-state index contributed by atoms with van der Waals surface area (Å²) in [5, 5.41) is 3.11. The Morgan fingerprint density at radius 2 is 2.00 bits per heavy atom. The van der Waals surface area contributed by atoms with E-state index in [0.717, 1.165) is 19.4 Å². The Bertz CT molecular complexity index is 257. The maximum atomic E-state index is 12.0. The molecule has 0 aromatic carbocycles. The molecule has 0 aromatic rings.